The fraction of sp³-hybridized carbons (Fsp3) is 0.188. The van der Waals surface area contributed by atoms with Crippen molar-refractivity contribution in [1.82, 2.24) is 25.0 Å². The fourth-order valence-corrected chi connectivity index (χ4v) is 3.48. The van der Waals surface area contributed by atoms with E-state index in [-0.39, 0.29) is 11.7 Å². The number of rotatable bonds is 7. The Balaban J connectivity index is 1.70. The third-order valence-electron chi connectivity index (χ3n) is 3.17. The normalized spacial score (nSPS) is 10.6. The Hall–Kier alpha value is -2.52. The molecule has 0 unspecified atom stereocenters. The summed E-state index contributed by atoms with van der Waals surface area (Å²) >= 11 is 2.66. The Kier molecular flexibility index (Phi) is 5.56. The Labute approximate surface area is 153 Å². The quantitative estimate of drug-likeness (QED) is 0.507. The number of aryl methyl sites for hydroxylation is 1. The molecular formula is C16H16N6OS2. The lowest BCUT2D eigenvalue weighted by atomic mass is 10.2. The van der Waals surface area contributed by atoms with Gasteiger partial charge >= 0.3 is 0 Å². The lowest BCUT2D eigenvalue weighted by Gasteiger charge is -2.07. The van der Waals surface area contributed by atoms with Crippen LogP contribution in [0.1, 0.15) is 5.01 Å². The van der Waals surface area contributed by atoms with Gasteiger partial charge in [0.05, 0.1) is 5.75 Å². The van der Waals surface area contributed by atoms with Crippen molar-refractivity contribution < 1.29 is 4.79 Å². The number of carbonyl (C=O) groups excluding carboxylic acids is 1. The van der Waals surface area contributed by atoms with Crippen LogP contribution in [0.2, 0.25) is 0 Å². The first kappa shape index (κ1) is 17.3. The molecule has 128 valence electrons. The van der Waals surface area contributed by atoms with Crippen molar-refractivity contribution in [3.63, 3.8) is 0 Å². The predicted octanol–water partition coefficient (Wildman–Crippen LogP) is 3.02. The molecule has 9 heteroatoms. The molecule has 0 spiro atoms. The van der Waals surface area contributed by atoms with E-state index in [0.29, 0.717) is 16.8 Å². The van der Waals surface area contributed by atoms with E-state index in [1.165, 1.54) is 23.1 Å². The van der Waals surface area contributed by atoms with Gasteiger partial charge in [-0.3, -0.25) is 14.7 Å². The first-order chi connectivity index (χ1) is 12.2. The first-order valence-electron chi connectivity index (χ1n) is 7.49. The summed E-state index contributed by atoms with van der Waals surface area (Å²) < 4.78 is 1.94. The molecule has 0 bridgehead atoms. The second kappa shape index (κ2) is 8.04. The van der Waals surface area contributed by atoms with Crippen molar-refractivity contribution in [2.75, 3.05) is 11.1 Å². The molecule has 0 saturated carbocycles. The first-order valence-corrected chi connectivity index (χ1v) is 9.30. The summed E-state index contributed by atoms with van der Waals surface area (Å²) in [5.74, 6) is 0.807. The summed E-state index contributed by atoms with van der Waals surface area (Å²) in [6, 6.07) is 9.80. The summed E-state index contributed by atoms with van der Waals surface area (Å²) in [5.41, 5.74) is 0.970. The molecule has 25 heavy (non-hydrogen) atoms. The monoisotopic (exact) mass is 372 g/mol. The SMILES string of the molecule is C=CCn1c(SCC(=O)Nc2nnc(C)s2)nnc1-c1ccccc1. The van der Waals surface area contributed by atoms with Crippen LogP contribution in [0.4, 0.5) is 5.13 Å². The highest BCUT2D eigenvalue weighted by Crippen LogP contribution is 2.24. The summed E-state index contributed by atoms with van der Waals surface area (Å²) in [7, 11) is 0. The standard InChI is InChI=1S/C16H16N6OS2/c1-3-9-22-14(12-7-5-4-6-8-12)19-21-16(22)24-10-13(23)17-15-20-18-11(2)25-15/h3-8H,1,9-10H2,2H3,(H,17,20,23). The molecule has 1 N–H and O–H groups in total. The van der Waals surface area contributed by atoms with Gasteiger partial charge in [0, 0.05) is 12.1 Å². The van der Waals surface area contributed by atoms with E-state index in [0.717, 1.165) is 16.4 Å². The van der Waals surface area contributed by atoms with Crippen LogP contribution in [0, 0.1) is 6.92 Å². The highest BCUT2D eigenvalue weighted by molar-refractivity contribution is 7.99. The maximum Gasteiger partial charge on any atom is 0.236 e. The number of benzene rings is 1. The third-order valence-corrected chi connectivity index (χ3v) is 4.89. The molecule has 2 aromatic heterocycles. The van der Waals surface area contributed by atoms with Crippen LogP contribution >= 0.6 is 23.1 Å². The molecule has 0 radical (unpaired) electrons. The van der Waals surface area contributed by atoms with Crippen LogP contribution in [-0.4, -0.2) is 36.6 Å². The molecule has 3 aromatic rings. The number of hydrogen-bond acceptors (Lipinski definition) is 7. The molecule has 2 heterocycles. The van der Waals surface area contributed by atoms with Crippen LogP contribution in [0.3, 0.4) is 0 Å². The van der Waals surface area contributed by atoms with Gasteiger partial charge in [0.2, 0.25) is 11.0 Å². The van der Waals surface area contributed by atoms with E-state index in [4.69, 9.17) is 0 Å². The van der Waals surface area contributed by atoms with Crippen LogP contribution in [0.25, 0.3) is 11.4 Å². The molecule has 0 aliphatic carbocycles. The Morgan fingerprint density at radius 2 is 2.08 bits per heavy atom. The number of anilines is 1. The van der Waals surface area contributed by atoms with Crippen molar-refractivity contribution >= 4 is 34.1 Å². The van der Waals surface area contributed by atoms with E-state index in [9.17, 15) is 4.79 Å². The zero-order valence-corrected chi connectivity index (χ0v) is 15.2. The van der Waals surface area contributed by atoms with Gasteiger partial charge < -0.3 is 0 Å². The van der Waals surface area contributed by atoms with Crippen molar-refractivity contribution in [3.05, 3.63) is 48.0 Å². The maximum atomic E-state index is 12.1. The number of amides is 1. The highest BCUT2D eigenvalue weighted by atomic mass is 32.2. The van der Waals surface area contributed by atoms with E-state index in [2.05, 4.69) is 32.3 Å². The number of nitrogens with one attached hydrogen (secondary N) is 1. The van der Waals surface area contributed by atoms with E-state index >= 15 is 0 Å². The molecular weight excluding hydrogens is 356 g/mol. The van der Waals surface area contributed by atoms with Crippen molar-refractivity contribution in [2.45, 2.75) is 18.6 Å². The molecule has 0 aliphatic heterocycles. The molecule has 0 aliphatic rings. The second-order valence-corrected chi connectivity index (χ2v) is 7.16. The third kappa shape index (κ3) is 4.31. The van der Waals surface area contributed by atoms with E-state index < -0.39 is 0 Å². The molecule has 0 saturated heterocycles. The van der Waals surface area contributed by atoms with Crippen LogP contribution in [-0.2, 0) is 11.3 Å². The topological polar surface area (TPSA) is 85.6 Å². The number of carbonyl (C=O) groups is 1. The van der Waals surface area contributed by atoms with Gasteiger partial charge in [-0.1, -0.05) is 59.5 Å². The molecule has 7 nitrogen and oxygen atoms in total. The molecule has 1 aromatic carbocycles. The predicted molar refractivity (Wildman–Crippen MR) is 99.7 cm³/mol. The number of allylic oxidation sites excluding steroid dienone is 1. The summed E-state index contributed by atoms with van der Waals surface area (Å²) in [6.07, 6.45) is 1.78. The number of hydrogen-bond donors (Lipinski definition) is 1. The Morgan fingerprint density at radius 1 is 1.28 bits per heavy atom. The van der Waals surface area contributed by atoms with Gasteiger partial charge in [-0.2, -0.15) is 0 Å². The maximum absolute atomic E-state index is 12.1. The lowest BCUT2D eigenvalue weighted by Crippen LogP contribution is -2.14. The fourth-order valence-electron chi connectivity index (χ4n) is 2.12. The highest BCUT2D eigenvalue weighted by Gasteiger charge is 2.15. The van der Waals surface area contributed by atoms with Crippen molar-refractivity contribution in [3.8, 4) is 11.4 Å². The van der Waals surface area contributed by atoms with Gasteiger partial charge in [0.25, 0.3) is 0 Å². The number of aromatic nitrogens is 5. The average Bonchev–Trinajstić information content (AvgIpc) is 3.20. The summed E-state index contributed by atoms with van der Waals surface area (Å²) in [5, 5.41) is 20.9. The minimum absolute atomic E-state index is 0.157. The largest absolute Gasteiger partial charge is 0.300 e. The number of nitrogens with zero attached hydrogens (tertiary/aromatic N) is 5. The van der Waals surface area contributed by atoms with Gasteiger partial charge in [-0.15, -0.1) is 27.0 Å². The zero-order valence-electron chi connectivity index (χ0n) is 13.5. The summed E-state index contributed by atoms with van der Waals surface area (Å²) in [4.78, 5) is 12.1. The second-order valence-electron chi connectivity index (χ2n) is 5.03. The average molecular weight is 372 g/mol. The Morgan fingerprint density at radius 3 is 2.76 bits per heavy atom. The van der Waals surface area contributed by atoms with Crippen LogP contribution in [0.5, 0.6) is 0 Å². The van der Waals surface area contributed by atoms with E-state index in [1.54, 1.807) is 6.08 Å². The van der Waals surface area contributed by atoms with Gasteiger partial charge in [-0.25, -0.2) is 0 Å². The smallest absolute Gasteiger partial charge is 0.236 e. The van der Waals surface area contributed by atoms with Crippen LogP contribution in [0.15, 0.2) is 48.1 Å². The van der Waals surface area contributed by atoms with Crippen LogP contribution < -0.4 is 5.32 Å². The zero-order chi connectivity index (χ0) is 17.6. The van der Waals surface area contributed by atoms with E-state index in [1.807, 2.05) is 41.8 Å². The van der Waals surface area contributed by atoms with Gasteiger partial charge in [0.1, 0.15) is 5.01 Å². The minimum Gasteiger partial charge on any atom is -0.300 e. The molecule has 0 fully saturated rings. The van der Waals surface area contributed by atoms with Gasteiger partial charge in [-0.05, 0) is 6.92 Å². The van der Waals surface area contributed by atoms with Crippen molar-refractivity contribution in [1.29, 1.82) is 0 Å². The molecule has 1 amide bonds. The molecule has 0 atom stereocenters. The summed E-state index contributed by atoms with van der Waals surface area (Å²) in [6.45, 7) is 6.19. The Bertz CT molecular complexity index is 874. The molecule has 3 rings (SSSR count). The van der Waals surface area contributed by atoms with Gasteiger partial charge in [0.15, 0.2) is 11.0 Å². The lowest BCUT2D eigenvalue weighted by molar-refractivity contribution is -0.113. The van der Waals surface area contributed by atoms with Crippen molar-refractivity contribution in [2.24, 2.45) is 0 Å². The number of thioether (sulfide) groups is 1. The minimum atomic E-state index is -0.157.